The molecule has 0 fully saturated rings. The molecule has 0 aliphatic rings. The van der Waals surface area contributed by atoms with Gasteiger partial charge in [0.2, 0.25) is 0 Å². The molecule has 0 nitrogen and oxygen atoms in total. The Morgan fingerprint density at radius 3 is 0.800 bits per heavy atom. The third kappa shape index (κ3) is 3.76. The Morgan fingerprint density at radius 1 is 0.400 bits per heavy atom. The Bertz CT molecular complexity index is 752. The minimum absolute atomic E-state index is 0.476. The van der Waals surface area contributed by atoms with Crippen LogP contribution in [0, 0.1) is 0 Å². The third-order valence-electron chi connectivity index (χ3n) is 3.87. The Labute approximate surface area is 176 Å². The predicted molar refractivity (Wildman–Crippen MR) is 110 cm³/mol. The van der Waals surface area contributed by atoms with Crippen LogP contribution in [0.1, 0.15) is 22.6 Å². The number of rotatable bonds is 3. The first-order valence-electron chi connectivity index (χ1n) is 7.23. The van der Waals surface area contributed by atoms with Crippen molar-refractivity contribution in [2.24, 2.45) is 0 Å². The Hall–Kier alpha value is -0.600. The van der Waals surface area contributed by atoms with Gasteiger partial charge in [-0.2, -0.15) is 0 Å². The fourth-order valence-corrected chi connectivity index (χ4v) is 4.64. The van der Waals surface area contributed by atoms with Crippen LogP contribution in [-0.2, 0) is 0 Å². The van der Waals surface area contributed by atoms with Crippen LogP contribution in [0.2, 0.25) is 30.1 Å². The molecule has 0 saturated carbocycles. The summed E-state index contributed by atoms with van der Waals surface area (Å²) in [7, 11) is 0. The Morgan fingerprint density at radius 2 is 0.600 bits per heavy atom. The normalized spacial score (nSPS) is 11.2. The van der Waals surface area contributed by atoms with Crippen molar-refractivity contribution in [3.8, 4) is 0 Å². The second kappa shape index (κ2) is 7.96. The van der Waals surface area contributed by atoms with E-state index < -0.39 is 5.92 Å². The minimum Gasteiger partial charge on any atom is -0.0839 e. The summed E-state index contributed by atoms with van der Waals surface area (Å²) in [5, 5.41) is 2.86. The van der Waals surface area contributed by atoms with E-state index in [-0.39, 0.29) is 0 Å². The van der Waals surface area contributed by atoms with Crippen LogP contribution in [0.5, 0.6) is 0 Å². The lowest BCUT2D eigenvalue weighted by Crippen LogP contribution is -2.08. The zero-order valence-corrected chi connectivity index (χ0v) is 17.1. The smallest absolute Gasteiger partial charge is 0.0462 e. The zero-order valence-electron chi connectivity index (χ0n) is 12.5. The average Bonchev–Trinajstić information content (AvgIpc) is 2.53. The van der Waals surface area contributed by atoms with Gasteiger partial charge in [-0.25, -0.2) is 0 Å². The molecule has 0 atom stereocenters. The van der Waals surface area contributed by atoms with Crippen molar-refractivity contribution in [2.75, 3.05) is 0 Å². The highest BCUT2D eigenvalue weighted by molar-refractivity contribution is 6.39. The first-order valence-corrected chi connectivity index (χ1v) is 9.50. The van der Waals surface area contributed by atoms with Gasteiger partial charge in [-0.3, -0.25) is 0 Å². The fourth-order valence-electron chi connectivity index (χ4n) is 2.79. The number of hydrogen-bond acceptors (Lipinski definition) is 0. The Kier molecular flexibility index (Phi) is 6.11. The van der Waals surface area contributed by atoms with Crippen LogP contribution in [0.4, 0.5) is 0 Å². The van der Waals surface area contributed by atoms with Gasteiger partial charge in [0.05, 0.1) is 0 Å². The molecule has 0 aliphatic heterocycles. The summed E-state index contributed by atoms with van der Waals surface area (Å²) in [6.07, 6.45) is 0. The number of hydrogen-bond donors (Lipinski definition) is 0. The van der Waals surface area contributed by atoms with Gasteiger partial charge in [0.25, 0.3) is 0 Å². The summed E-state index contributed by atoms with van der Waals surface area (Å²) in [5.74, 6) is -0.511. The van der Waals surface area contributed by atoms with Crippen LogP contribution >= 0.6 is 69.6 Å². The molecule has 3 aromatic carbocycles. The van der Waals surface area contributed by atoms with E-state index >= 15 is 0 Å². The van der Waals surface area contributed by atoms with Crippen LogP contribution in [-0.4, -0.2) is 0 Å². The molecule has 128 valence electrons. The van der Waals surface area contributed by atoms with E-state index in [2.05, 4.69) is 0 Å². The molecule has 0 spiro atoms. The molecular weight excluding hydrogens is 441 g/mol. The predicted octanol–water partition coefficient (Wildman–Crippen LogP) is 8.79. The monoisotopic (exact) mass is 448 g/mol. The van der Waals surface area contributed by atoms with E-state index in [9.17, 15) is 0 Å². The van der Waals surface area contributed by atoms with Crippen LogP contribution in [0.15, 0.2) is 54.6 Å². The van der Waals surface area contributed by atoms with E-state index in [0.717, 1.165) is 0 Å². The first kappa shape index (κ1) is 19.2. The van der Waals surface area contributed by atoms with Gasteiger partial charge < -0.3 is 0 Å². The van der Waals surface area contributed by atoms with Crippen molar-refractivity contribution >= 4 is 69.6 Å². The summed E-state index contributed by atoms with van der Waals surface area (Å²) in [5.41, 5.74) is 1.95. The molecule has 0 aliphatic carbocycles. The maximum Gasteiger partial charge on any atom is 0.0462 e. The van der Waals surface area contributed by atoms with Crippen molar-refractivity contribution in [3.63, 3.8) is 0 Å². The quantitative estimate of drug-likeness (QED) is 0.350. The lowest BCUT2D eigenvalue weighted by molar-refractivity contribution is 0.979. The molecule has 25 heavy (non-hydrogen) atoms. The van der Waals surface area contributed by atoms with Crippen molar-refractivity contribution in [1.29, 1.82) is 0 Å². The molecule has 0 saturated heterocycles. The Balaban J connectivity index is 2.42. The topological polar surface area (TPSA) is 0 Å². The van der Waals surface area contributed by atoms with Crippen molar-refractivity contribution in [2.45, 2.75) is 5.92 Å². The maximum atomic E-state index is 6.48. The maximum absolute atomic E-state index is 6.48. The van der Waals surface area contributed by atoms with E-state index in [4.69, 9.17) is 69.6 Å². The minimum atomic E-state index is -0.511. The standard InChI is InChI=1S/C19H10Cl6/c20-10-4-1-5-11(21)16(10)19(17-12(22)6-2-7-13(17)23)18-14(24)8-3-9-15(18)25/h1-9,19H. The van der Waals surface area contributed by atoms with Gasteiger partial charge in [0, 0.05) is 52.7 Å². The average molecular weight is 451 g/mol. The van der Waals surface area contributed by atoms with Crippen molar-refractivity contribution in [1.82, 2.24) is 0 Å². The lowest BCUT2D eigenvalue weighted by Gasteiger charge is -2.25. The molecule has 0 aromatic heterocycles. The van der Waals surface area contributed by atoms with Gasteiger partial charge in [-0.15, -0.1) is 0 Å². The van der Waals surface area contributed by atoms with Crippen LogP contribution in [0.3, 0.4) is 0 Å². The summed E-state index contributed by atoms with van der Waals surface area (Å²) in [4.78, 5) is 0. The molecule has 0 radical (unpaired) electrons. The van der Waals surface area contributed by atoms with E-state index in [1.165, 1.54) is 0 Å². The first-order chi connectivity index (χ1) is 11.9. The van der Waals surface area contributed by atoms with E-state index in [1.54, 1.807) is 54.6 Å². The SMILES string of the molecule is Clc1cccc(Cl)c1C(c1c(Cl)cccc1Cl)c1c(Cl)cccc1Cl. The van der Waals surface area contributed by atoms with Gasteiger partial charge in [0.15, 0.2) is 0 Å². The molecule has 6 heteroatoms. The largest absolute Gasteiger partial charge is 0.0839 e. The zero-order chi connectivity index (χ0) is 18.1. The fraction of sp³-hybridized carbons (Fsp3) is 0.0526. The molecule has 0 N–H and O–H groups in total. The number of benzene rings is 3. The highest BCUT2D eigenvalue weighted by atomic mass is 35.5. The summed E-state index contributed by atoms with van der Waals surface area (Å²) < 4.78 is 0. The lowest BCUT2D eigenvalue weighted by atomic mass is 9.84. The molecular formula is C19H10Cl6. The van der Waals surface area contributed by atoms with Gasteiger partial charge >= 0.3 is 0 Å². The van der Waals surface area contributed by atoms with E-state index in [0.29, 0.717) is 46.8 Å². The van der Waals surface area contributed by atoms with Gasteiger partial charge in [0.1, 0.15) is 0 Å². The van der Waals surface area contributed by atoms with Crippen molar-refractivity contribution < 1.29 is 0 Å². The highest BCUT2D eigenvalue weighted by Gasteiger charge is 2.29. The van der Waals surface area contributed by atoms with Crippen LogP contribution in [0.25, 0.3) is 0 Å². The third-order valence-corrected chi connectivity index (χ3v) is 5.84. The van der Waals surface area contributed by atoms with Gasteiger partial charge in [-0.05, 0) is 36.4 Å². The van der Waals surface area contributed by atoms with Crippen molar-refractivity contribution in [3.05, 3.63) is 101 Å². The number of halogens is 6. The second-order valence-corrected chi connectivity index (χ2v) is 7.78. The molecule has 0 heterocycles. The summed E-state index contributed by atoms with van der Waals surface area (Å²) in [6.45, 7) is 0. The van der Waals surface area contributed by atoms with Gasteiger partial charge in [-0.1, -0.05) is 87.8 Å². The second-order valence-electron chi connectivity index (χ2n) is 5.34. The van der Waals surface area contributed by atoms with E-state index in [1.807, 2.05) is 0 Å². The van der Waals surface area contributed by atoms with Crippen LogP contribution < -0.4 is 0 Å². The molecule has 0 bridgehead atoms. The molecule has 0 unspecified atom stereocenters. The molecule has 3 aromatic rings. The molecule has 0 amide bonds. The summed E-state index contributed by atoms with van der Waals surface area (Å²) in [6, 6.07) is 15.8. The summed E-state index contributed by atoms with van der Waals surface area (Å²) >= 11 is 38.9. The highest BCUT2D eigenvalue weighted by Crippen LogP contribution is 2.48. The molecule has 3 rings (SSSR count).